The molecule has 1 heterocycles. The summed E-state index contributed by atoms with van der Waals surface area (Å²) in [6.07, 6.45) is 5.15. The summed E-state index contributed by atoms with van der Waals surface area (Å²) in [5.74, 6) is -0.314. The number of hydrogen-bond donors (Lipinski definition) is 3. The van der Waals surface area contributed by atoms with Gasteiger partial charge in [0.15, 0.2) is 5.75 Å². The van der Waals surface area contributed by atoms with Crippen LogP contribution in [0.1, 0.15) is 12.5 Å². The van der Waals surface area contributed by atoms with Crippen LogP contribution in [0.25, 0.3) is 11.0 Å². The van der Waals surface area contributed by atoms with Crippen LogP contribution < -0.4 is 0 Å². The second-order valence-corrected chi connectivity index (χ2v) is 3.49. The van der Waals surface area contributed by atoms with Crippen molar-refractivity contribution >= 4 is 11.0 Å². The zero-order valence-electron chi connectivity index (χ0n) is 8.77. The predicted molar refractivity (Wildman–Crippen MR) is 59.7 cm³/mol. The second kappa shape index (κ2) is 3.81. The zero-order chi connectivity index (χ0) is 11.7. The molecule has 0 radical (unpaired) electrons. The Morgan fingerprint density at radius 2 is 2.00 bits per heavy atom. The first kappa shape index (κ1) is 10.4. The first-order valence-electron chi connectivity index (χ1n) is 4.90. The molecular weight excluding hydrogens is 208 g/mol. The molecule has 1 aromatic heterocycles. The number of allylic oxidation sites excluding steroid dienone is 2. The van der Waals surface area contributed by atoms with Crippen molar-refractivity contribution < 1.29 is 19.7 Å². The monoisotopic (exact) mass is 220 g/mol. The Balaban J connectivity index is 2.68. The van der Waals surface area contributed by atoms with Crippen LogP contribution in [0.4, 0.5) is 0 Å². The van der Waals surface area contributed by atoms with E-state index in [2.05, 4.69) is 0 Å². The van der Waals surface area contributed by atoms with Crippen LogP contribution in [-0.4, -0.2) is 15.3 Å². The first-order valence-corrected chi connectivity index (χ1v) is 4.90. The van der Waals surface area contributed by atoms with E-state index in [1.54, 1.807) is 6.08 Å². The van der Waals surface area contributed by atoms with Crippen LogP contribution in [0.3, 0.4) is 0 Å². The number of benzene rings is 1. The summed E-state index contributed by atoms with van der Waals surface area (Å²) in [7, 11) is 0. The van der Waals surface area contributed by atoms with Gasteiger partial charge in [-0.3, -0.25) is 0 Å². The quantitative estimate of drug-likeness (QED) is 0.680. The molecule has 0 spiro atoms. The Kier molecular flexibility index (Phi) is 2.48. The molecule has 2 rings (SSSR count). The predicted octanol–water partition coefficient (Wildman–Crippen LogP) is 2.67. The molecule has 0 aliphatic heterocycles. The van der Waals surface area contributed by atoms with Gasteiger partial charge in [-0.1, -0.05) is 12.2 Å². The van der Waals surface area contributed by atoms with Crippen LogP contribution in [0, 0.1) is 0 Å². The molecule has 84 valence electrons. The van der Waals surface area contributed by atoms with Crippen molar-refractivity contribution in [3.8, 4) is 17.2 Å². The van der Waals surface area contributed by atoms with Gasteiger partial charge in [0.25, 0.3) is 0 Å². The Morgan fingerprint density at radius 3 is 2.69 bits per heavy atom. The van der Waals surface area contributed by atoms with Gasteiger partial charge in [0, 0.05) is 11.6 Å². The van der Waals surface area contributed by atoms with E-state index < -0.39 is 0 Å². The fraction of sp³-hybridized carbons (Fsp3) is 0.167. The molecule has 0 aliphatic carbocycles. The van der Waals surface area contributed by atoms with Gasteiger partial charge < -0.3 is 19.7 Å². The lowest BCUT2D eigenvalue weighted by atomic mass is 10.1. The third-order valence-corrected chi connectivity index (χ3v) is 2.46. The standard InChI is InChI=1S/C12H12O4/c1-2-3-4-7-8(13)5-10-11(12(7)15)9(14)6-16-10/h2-3,5-6,13-15H,4H2,1H3. The molecule has 0 atom stereocenters. The van der Waals surface area contributed by atoms with Crippen molar-refractivity contribution in [1.82, 2.24) is 0 Å². The molecule has 2 aromatic rings. The Bertz CT molecular complexity index is 552. The van der Waals surface area contributed by atoms with E-state index >= 15 is 0 Å². The maximum absolute atomic E-state index is 9.91. The highest BCUT2D eigenvalue weighted by molar-refractivity contribution is 5.92. The van der Waals surface area contributed by atoms with Gasteiger partial charge in [-0.25, -0.2) is 0 Å². The van der Waals surface area contributed by atoms with E-state index in [0.29, 0.717) is 12.0 Å². The summed E-state index contributed by atoms with van der Waals surface area (Å²) in [6, 6.07) is 1.38. The van der Waals surface area contributed by atoms with Crippen molar-refractivity contribution in [3.05, 3.63) is 30.0 Å². The van der Waals surface area contributed by atoms with Crippen LogP contribution in [0.15, 0.2) is 28.9 Å². The molecule has 0 unspecified atom stereocenters. The summed E-state index contributed by atoms with van der Waals surface area (Å²) >= 11 is 0. The summed E-state index contributed by atoms with van der Waals surface area (Å²) < 4.78 is 4.98. The topological polar surface area (TPSA) is 73.8 Å². The van der Waals surface area contributed by atoms with E-state index in [4.69, 9.17) is 4.42 Å². The summed E-state index contributed by atoms with van der Waals surface area (Å²) in [4.78, 5) is 0. The second-order valence-electron chi connectivity index (χ2n) is 3.49. The minimum absolute atomic E-state index is 0.0440. The van der Waals surface area contributed by atoms with Crippen molar-refractivity contribution in [2.75, 3.05) is 0 Å². The molecular formula is C12H12O4. The van der Waals surface area contributed by atoms with Crippen LogP contribution >= 0.6 is 0 Å². The molecule has 4 nitrogen and oxygen atoms in total. The summed E-state index contributed by atoms with van der Waals surface area (Å²) in [5, 5.41) is 29.3. The van der Waals surface area contributed by atoms with Gasteiger partial charge in [-0.15, -0.1) is 0 Å². The van der Waals surface area contributed by atoms with Gasteiger partial charge in [-0.2, -0.15) is 0 Å². The molecule has 0 amide bonds. The fourth-order valence-electron chi connectivity index (χ4n) is 1.63. The number of rotatable bonds is 2. The van der Waals surface area contributed by atoms with Gasteiger partial charge in [0.05, 0.1) is 0 Å². The van der Waals surface area contributed by atoms with Gasteiger partial charge in [0.2, 0.25) is 0 Å². The molecule has 1 aromatic carbocycles. The van der Waals surface area contributed by atoms with Crippen molar-refractivity contribution in [3.63, 3.8) is 0 Å². The maximum atomic E-state index is 9.91. The lowest BCUT2D eigenvalue weighted by Gasteiger charge is -2.05. The highest BCUT2D eigenvalue weighted by atomic mass is 16.4. The largest absolute Gasteiger partial charge is 0.507 e. The minimum Gasteiger partial charge on any atom is -0.507 e. The number of hydrogen-bond acceptors (Lipinski definition) is 4. The zero-order valence-corrected chi connectivity index (χ0v) is 8.77. The van der Waals surface area contributed by atoms with E-state index in [1.165, 1.54) is 6.07 Å². The number of aromatic hydroxyl groups is 3. The van der Waals surface area contributed by atoms with Crippen LogP contribution in [0.2, 0.25) is 0 Å². The molecule has 16 heavy (non-hydrogen) atoms. The average molecular weight is 220 g/mol. The first-order chi connectivity index (χ1) is 7.65. The maximum Gasteiger partial charge on any atom is 0.165 e. The number of furan rings is 1. The number of fused-ring (bicyclic) bond motifs is 1. The lowest BCUT2D eigenvalue weighted by molar-refractivity contribution is 0.442. The van der Waals surface area contributed by atoms with E-state index in [1.807, 2.05) is 13.0 Å². The number of phenols is 2. The number of phenolic OH excluding ortho intramolecular Hbond substituents is 2. The Labute approximate surface area is 92.1 Å². The SMILES string of the molecule is CC=CCc1c(O)cc2occ(O)c2c1O. The van der Waals surface area contributed by atoms with Crippen molar-refractivity contribution in [2.24, 2.45) is 0 Å². The third-order valence-electron chi connectivity index (χ3n) is 2.46. The molecule has 0 fully saturated rings. The van der Waals surface area contributed by atoms with Crippen LogP contribution in [-0.2, 0) is 6.42 Å². The molecule has 3 N–H and O–H groups in total. The van der Waals surface area contributed by atoms with E-state index in [0.717, 1.165) is 6.26 Å². The van der Waals surface area contributed by atoms with Crippen molar-refractivity contribution in [1.29, 1.82) is 0 Å². The van der Waals surface area contributed by atoms with E-state index in [-0.39, 0.29) is 28.2 Å². The highest BCUT2D eigenvalue weighted by Gasteiger charge is 2.16. The third kappa shape index (κ3) is 1.48. The minimum atomic E-state index is -0.139. The summed E-state index contributed by atoms with van der Waals surface area (Å²) in [6.45, 7) is 1.85. The summed E-state index contributed by atoms with van der Waals surface area (Å²) in [5.41, 5.74) is 0.638. The highest BCUT2D eigenvalue weighted by Crippen LogP contribution is 2.41. The molecule has 0 bridgehead atoms. The van der Waals surface area contributed by atoms with E-state index in [9.17, 15) is 15.3 Å². The molecule has 4 heteroatoms. The van der Waals surface area contributed by atoms with Crippen molar-refractivity contribution in [2.45, 2.75) is 13.3 Å². The normalized spacial score (nSPS) is 11.6. The molecule has 0 saturated carbocycles. The fourth-order valence-corrected chi connectivity index (χ4v) is 1.63. The Morgan fingerprint density at radius 1 is 1.25 bits per heavy atom. The Hall–Kier alpha value is -2.10. The lowest BCUT2D eigenvalue weighted by Crippen LogP contribution is -1.85. The van der Waals surface area contributed by atoms with Crippen LogP contribution in [0.5, 0.6) is 17.2 Å². The van der Waals surface area contributed by atoms with Gasteiger partial charge in [0.1, 0.15) is 28.7 Å². The molecule has 0 saturated heterocycles. The molecule has 0 aliphatic rings. The van der Waals surface area contributed by atoms with Gasteiger partial charge in [-0.05, 0) is 13.3 Å². The smallest absolute Gasteiger partial charge is 0.165 e. The van der Waals surface area contributed by atoms with Gasteiger partial charge >= 0.3 is 0 Å². The average Bonchev–Trinajstić information content (AvgIpc) is 2.60.